The average Bonchev–Trinajstić information content (AvgIpc) is 2.93. The van der Waals surface area contributed by atoms with Gasteiger partial charge in [0.05, 0.1) is 33.8 Å². The van der Waals surface area contributed by atoms with Crippen LogP contribution in [0.2, 0.25) is 10.0 Å². The Morgan fingerprint density at radius 3 is 2.83 bits per heavy atom. The first kappa shape index (κ1) is 15.8. The van der Waals surface area contributed by atoms with Crippen molar-refractivity contribution in [2.45, 2.75) is 6.42 Å². The summed E-state index contributed by atoms with van der Waals surface area (Å²) in [5, 5.41) is 0.0628. The largest absolute Gasteiger partial charge is 0.465 e. The second kappa shape index (κ2) is 6.18. The Bertz CT molecular complexity index is 885. The van der Waals surface area contributed by atoms with Gasteiger partial charge in [-0.05, 0) is 29.8 Å². The van der Waals surface area contributed by atoms with Gasteiger partial charge >= 0.3 is 5.97 Å². The molecule has 4 nitrogen and oxygen atoms in total. The number of hydrogen-bond donors (Lipinski definition) is 1. The number of esters is 1. The lowest BCUT2D eigenvalue weighted by Gasteiger charge is -2.03. The summed E-state index contributed by atoms with van der Waals surface area (Å²) in [6, 6.07) is 6.30. The van der Waals surface area contributed by atoms with Crippen molar-refractivity contribution in [3.05, 3.63) is 63.1 Å². The van der Waals surface area contributed by atoms with Gasteiger partial charge in [-0.25, -0.2) is 9.18 Å². The summed E-state index contributed by atoms with van der Waals surface area (Å²) in [4.78, 5) is 19.1. The molecule has 0 aliphatic heterocycles. The summed E-state index contributed by atoms with van der Waals surface area (Å²) in [5.74, 6) is -1.02. The van der Waals surface area contributed by atoms with Gasteiger partial charge in [0, 0.05) is 18.3 Å². The third kappa shape index (κ3) is 3.02. The van der Waals surface area contributed by atoms with Crippen molar-refractivity contribution in [3.63, 3.8) is 0 Å². The fourth-order valence-corrected chi connectivity index (χ4v) is 2.73. The van der Waals surface area contributed by atoms with Crippen LogP contribution in [0, 0.1) is 5.82 Å². The molecular weight excluding hydrogens is 342 g/mol. The van der Waals surface area contributed by atoms with E-state index in [1.165, 1.54) is 19.4 Å². The lowest BCUT2D eigenvalue weighted by atomic mass is 10.1. The summed E-state index contributed by atoms with van der Waals surface area (Å²) in [5.41, 5.74) is 3.02. The van der Waals surface area contributed by atoms with E-state index in [0.29, 0.717) is 28.6 Å². The predicted octanol–water partition coefficient (Wildman–Crippen LogP) is 4.39. The topological polar surface area (TPSA) is 55.0 Å². The zero-order valence-electron chi connectivity index (χ0n) is 12.0. The number of nitrogens with one attached hydrogen (secondary N) is 1. The number of benzene rings is 1. The van der Waals surface area contributed by atoms with Gasteiger partial charge in [-0.1, -0.05) is 23.2 Å². The normalized spacial score (nSPS) is 11.0. The molecule has 1 N–H and O–H groups in total. The number of aromatic amines is 1. The quantitative estimate of drug-likeness (QED) is 0.561. The van der Waals surface area contributed by atoms with Gasteiger partial charge in [-0.15, -0.1) is 0 Å². The van der Waals surface area contributed by atoms with Crippen LogP contribution in [0.5, 0.6) is 0 Å². The Balaban J connectivity index is 2.00. The maximum atomic E-state index is 13.7. The summed E-state index contributed by atoms with van der Waals surface area (Å²) < 4.78 is 18.4. The number of halogens is 3. The van der Waals surface area contributed by atoms with E-state index in [1.807, 2.05) is 0 Å². The molecule has 0 spiro atoms. The van der Waals surface area contributed by atoms with Gasteiger partial charge in [0.25, 0.3) is 0 Å². The van der Waals surface area contributed by atoms with Crippen molar-refractivity contribution in [1.82, 2.24) is 9.97 Å². The highest BCUT2D eigenvalue weighted by Gasteiger charge is 2.14. The van der Waals surface area contributed by atoms with Crippen LogP contribution >= 0.6 is 23.2 Å². The first-order valence-electron chi connectivity index (χ1n) is 6.68. The van der Waals surface area contributed by atoms with Crippen molar-refractivity contribution in [2.75, 3.05) is 7.11 Å². The van der Waals surface area contributed by atoms with Crippen molar-refractivity contribution in [1.29, 1.82) is 0 Å². The lowest BCUT2D eigenvalue weighted by molar-refractivity contribution is 0.0602. The molecule has 118 valence electrons. The third-order valence-electron chi connectivity index (χ3n) is 3.42. The lowest BCUT2D eigenvalue weighted by Crippen LogP contribution is -2.02. The van der Waals surface area contributed by atoms with E-state index in [1.54, 1.807) is 18.2 Å². The summed E-state index contributed by atoms with van der Waals surface area (Å²) >= 11 is 11.6. The highest BCUT2D eigenvalue weighted by Crippen LogP contribution is 2.28. The van der Waals surface area contributed by atoms with E-state index in [-0.39, 0.29) is 10.0 Å². The average molecular weight is 353 g/mol. The van der Waals surface area contributed by atoms with E-state index in [0.717, 1.165) is 5.69 Å². The van der Waals surface area contributed by atoms with Crippen LogP contribution < -0.4 is 0 Å². The number of fused-ring (bicyclic) bond motifs is 1. The summed E-state index contributed by atoms with van der Waals surface area (Å²) in [6.45, 7) is 0. The molecule has 0 fully saturated rings. The second-order valence-corrected chi connectivity index (χ2v) is 5.74. The molecule has 0 saturated heterocycles. The van der Waals surface area contributed by atoms with Crippen LogP contribution in [0.3, 0.4) is 0 Å². The molecule has 2 aromatic heterocycles. The highest BCUT2D eigenvalue weighted by molar-refractivity contribution is 6.42. The fourth-order valence-electron chi connectivity index (χ4n) is 2.39. The number of carbonyl (C=O) groups is 1. The molecule has 0 unspecified atom stereocenters. The molecule has 3 rings (SSSR count). The summed E-state index contributed by atoms with van der Waals surface area (Å²) in [7, 11) is 1.32. The molecule has 0 aliphatic rings. The molecule has 0 saturated carbocycles. The maximum Gasteiger partial charge on any atom is 0.340 e. The van der Waals surface area contributed by atoms with Crippen LogP contribution in [0.4, 0.5) is 4.39 Å². The molecule has 7 heteroatoms. The molecule has 0 amide bonds. The Kier molecular flexibility index (Phi) is 4.24. The molecule has 0 bridgehead atoms. The van der Waals surface area contributed by atoms with Gasteiger partial charge < -0.3 is 9.72 Å². The van der Waals surface area contributed by atoms with Gasteiger partial charge in [-0.2, -0.15) is 0 Å². The van der Waals surface area contributed by atoms with Crippen LogP contribution in [0.25, 0.3) is 11.0 Å². The molecule has 1 aromatic carbocycles. The van der Waals surface area contributed by atoms with E-state index in [4.69, 9.17) is 27.9 Å². The van der Waals surface area contributed by atoms with Gasteiger partial charge in [0.1, 0.15) is 5.82 Å². The molecule has 23 heavy (non-hydrogen) atoms. The number of H-pyrrole nitrogens is 1. The van der Waals surface area contributed by atoms with Crippen molar-refractivity contribution in [2.24, 2.45) is 0 Å². The Labute approximate surface area is 141 Å². The minimum atomic E-state index is -0.571. The van der Waals surface area contributed by atoms with E-state index < -0.39 is 11.8 Å². The predicted molar refractivity (Wildman–Crippen MR) is 86.7 cm³/mol. The standard InChI is InChI=1S/C16H11Cl2FN2O2/c1-23-16(22)10-2-3-20-13-7-9(21-15(10)13)4-8-5-11(17)14(18)12(19)6-8/h2-3,5-7,21H,4H2,1H3. The molecule has 3 aromatic rings. The van der Waals surface area contributed by atoms with E-state index >= 15 is 0 Å². The van der Waals surface area contributed by atoms with Crippen LogP contribution in [0.1, 0.15) is 21.6 Å². The molecule has 0 radical (unpaired) electrons. The first-order valence-corrected chi connectivity index (χ1v) is 7.43. The molecular formula is C16H11Cl2FN2O2. The minimum Gasteiger partial charge on any atom is -0.465 e. The monoisotopic (exact) mass is 352 g/mol. The molecule has 0 atom stereocenters. The number of ether oxygens (including phenoxy) is 1. The fraction of sp³-hybridized carbons (Fsp3) is 0.125. The number of rotatable bonds is 3. The molecule has 2 heterocycles. The van der Waals surface area contributed by atoms with Gasteiger partial charge in [0.2, 0.25) is 0 Å². The molecule has 0 aliphatic carbocycles. The zero-order chi connectivity index (χ0) is 16.6. The first-order chi connectivity index (χ1) is 11.0. The Morgan fingerprint density at radius 2 is 2.13 bits per heavy atom. The van der Waals surface area contributed by atoms with Crippen LogP contribution in [0.15, 0.2) is 30.5 Å². The van der Waals surface area contributed by atoms with E-state index in [9.17, 15) is 9.18 Å². The van der Waals surface area contributed by atoms with Crippen molar-refractivity contribution < 1.29 is 13.9 Å². The van der Waals surface area contributed by atoms with Crippen molar-refractivity contribution >= 4 is 40.2 Å². The number of carbonyl (C=O) groups excluding carboxylic acids is 1. The number of pyridine rings is 1. The van der Waals surface area contributed by atoms with Gasteiger partial charge in [-0.3, -0.25) is 4.98 Å². The number of hydrogen-bond acceptors (Lipinski definition) is 3. The maximum absolute atomic E-state index is 13.7. The summed E-state index contributed by atoms with van der Waals surface area (Å²) in [6.07, 6.45) is 1.93. The van der Waals surface area contributed by atoms with Crippen molar-refractivity contribution in [3.8, 4) is 0 Å². The Hall–Kier alpha value is -2.11. The zero-order valence-corrected chi connectivity index (χ0v) is 13.5. The third-order valence-corrected chi connectivity index (χ3v) is 4.20. The number of methoxy groups -OCH3 is 1. The van der Waals surface area contributed by atoms with Crippen LogP contribution in [-0.4, -0.2) is 23.0 Å². The minimum absolute atomic E-state index is 0.0956. The smallest absolute Gasteiger partial charge is 0.340 e. The second-order valence-electron chi connectivity index (χ2n) is 4.96. The SMILES string of the molecule is COC(=O)c1ccnc2cc(Cc3cc(F)c(Cl)c(Cl)c3)[nH]c12. The highest BCUT2D eigenvalue weighted by atomic mass is 35.5. The van der Waals surface area contributed by atoms with Gasteiger partial charge in [0.15, 0.2) is 0 Å². The van der Waals surface area contributed by atoms with Crippen LogP contribution in [-0.2, 0) is 11.2 Å². The van der Waals surface area contributed by atoms with E-state index in [2.05, 4.69) is 9.97 Å². The number of aromatic nitrogens is 2. The Morgan fingerprint density at radius 1 is 1.35 bits per heavy atom. The number of nitrogens with zero attached hydrogens (tertiary/aromatic N) is 1.